The summed E-state index contributed by atoms with van der Waals surface area (Å²) in [6.45, 7) is 12.3. The van der Waals surface area contributed by atoms with Gasteiger partial charge in [-0.25, -0.2) is 4.39 Å². The third-order valence-corrected chi connectivity index (χ3v) is 12.4. The molecular formula is C27H46FI. The summed E-state index contributed by atoms with van der Waals surface area (Å²) in [6.07, 6.45) is 15.2. The molecule has 168 valence electrons. The zero-order chi connectivity index (χ0) is 21.0. The summed E-state index contributed by atoms with van der Waals surface area (Å²) >= 11 is 2.53. The van der Waals surface area contributed by atoms with E-state index in [4.69, 9.17) is 0 Å². The molecule has 0 aromatic rings. The molecule has 4 saturated carbocycles. The first-order valence-electron chi connectivity index (χ1n) is 13.0. The average Bonchev–Trinajstić information content (AvgIpc) is 3.01. The highest BCUT2D eigenvalue weighted by Crippen LogP contribution is 2.70. The molecule has 0 nitrogen and oxygen atoms in total. The van der Waals surface area contributed by atoms with Crippen molar-refractivity contribution in [1.82, 2.24) is 0 Å². The Morgan fingerprint density at radius 2 is 1.66 bits per heavy atom. The summed E-state index contributed by atoms with van der Waals surface area (Å²) in [5, 5.41) is 0. The Balaban J connectivity index is 1.53. The highest BCUT2D eigenvalue weighted by atomic mass is 127. The summed E-state index contributed by atoms with van der Waals surface area (Å²) in [5.41, 5.74) is -0.429. The van der Waals surface area contributed by atoms with Crippen molar-refractivity contribution in [2.45, 2.75) is 121 Å². The molecular weight excluding hydrogens is 470 g/mol. The Hall–Kier alpha value is 0.660. The number of halogens is 2. The van der Waals surface area contributed by atoms with Gasteiger partial charge in [0, 0.05) is 9.34 Å². The van der Waals surface area contributed by atoms with Crippen LogP contribution in [0, 0.1) is 46.3 Å². The van der Waals surface area contributed by atoms with Gasteiger partial charge >= 0.3 is 0 Å². The lowest BCUT2D eigenvalue weighted by molar-refractivity contribution is -0.163. The summed E-state index contributed by atoms with van der Waals surface area (Å²) in [4.78, 5) is 0. The predicted molar refractivity (Wildman–Crippen MR) is 131 cm³/mol. The maximum Gasteiger partial charge on any atom is 0.128 e. The number of fused-ring (bicyclic) bond motifs is 5. The molecule has 2 heteroatoms. The molecule has 0 aromatic heterocycles. The molecule has 0 spiro atoms. The first-order valence-corrected chi connectivity index (χ1v) is 14.2. The minimum Gasteiger partial charge on any atom is -0.242 e. The van der Waals surface area contributed by atoms with Crippen molar-refractivity contribution in [3.8, 4) is 0 Å². The molecule has 4 rings (SSSR count). The molecule has 4 aliphatic carbocycles. The van der Waals surface area contributed by atoms with E-state index in [9.17, 15) is 0 Å². The van der Waals surface area contributed by atoms with Crippen LogP contribution >= 0.6 is 22.6 Å². The van der Waals surface area contributed by atoms with Gasteiger partial charge in [0.05, 0.1) is 0 Å². The van der Waals surface area contributed by atoms with E-state index in [0.29, 0.717) is 11.3 Å². The van der Waals surface area contributed by atoms with Gasteiger partial charge in [0.1, 0.15) is 5.67 Å². The lowest BCUT2D eigenvalue weighted by atomic mass is 9.43. The van der Waals surface area contributed by atoms with Gasteiger partial charge in [-0.2, -0.15) is 0 Å². The average molecular weight is 517 g/mol. The number of hydrogen-bond donors (Lipinski definition) is 0. The van der Waals surface area contributed by atoms with Gasteiger partial charge in [0.25, 0.3) is 0 Å². The van der Waals surface area contributed by atoms with Crippen LogP contribution in [-0.4, -0.2) is 9.59 Å². The van der Waals surface area contributed by atoms with E-state index in [1.165, 1.54) is 51.4 Å². The van der Waals surface area contributed by atoms with Gasteiger partial charge in [-0.3, -0.25) is 0 Å². The predicted octanol–water partition coefficient (Wildman–Crippen LogP) is 9.00. The van der Waals surface area contributed by atoms with Crippen LogP contribution in [0.5, 0.6) is 0 Å². The molecule has 0 aliphatic heterocycles. The van der Waals surface area contributed by atoms with Gasteiger partial charge in [-0.05, 0) is 85.9 Å². The van der Waals surface area contributed by atoms with Crippen molar-refractivity contribution >= 4 is 22.6 Å². The second-order valence-electron chi connectivity index (χ2n) is 12.6. The number of hydrogen-bond acceptors (Lipinski definition) is 0. The van der Waals surface area contributed by atoms with Crippen LogP contribution in [0.2, 0.25) is 0 Å². The normalized spacial score (nSPS) is 50.7. The van der Waals surface area contributed by atoms with Crippen molar-refractivity contribution < 1.29 is 4.39 Å². The summed E-state index contributed by atoms with van der Waals surface area (Å²) < 4.78 is 16.6. The van der Waals surface area contributed by atoms with E-state index < -0.39 is 5.67 Å². The Bertz CT molecular complexity index is 589. The Labute approximate surface area is 194 Å². The van der Waals surface area contributed by atoms with Crippen molar-refractivity contribution in [2.75, 3.05) is 0 Å². The zero-order valence-corrected chi connectivity index (χ0v) is 21.9. The minimum atomic E-state index is -0.900. The molecule has 0 heterocycles. The Morgan fingerprint density at radius 1 is 0.931 bits per heavy atom. The molecule has 0 aromatic carbocycles. The van der Waals surface area contributed by atoms with E-state index in [1.54, 1.807) is 0 Å². The molecule has 0 bridgehead atoms. The maximum absolute atomic E-state index is 16.4. The summed E-state index contributed by atoms with van der Waals surface area (Å²) in [7, 11) is 0. The third kappa shape index (κ3) is 3.56. The fraction of sp³-hybridized carbons (Fsp3) is 1.00. The second-order valence-corrected chi connectivity index (χ2v) is 14.1. The fourth-order valence-corrected chi connectivity index (χ4v) is 10.8. The molecule has 0 N–H and O–H groups in total. The number of alkyl halides is 2. The first-order chi connectivity index (χ1) is 13.6. The van der Waals surface area contributed by atoms with E-state index in [2.05, 4.69) is 57.2 Å². The van der Waals surface area contributed by atoms with Gasteiger partial charge < -0.3 is 0 Å². The summed E-state index contributed by atoms with van der Waals surface area (Å²) in [5.74, 6) is 4.90. The zero-order valence-electron chi connectivity index (χ0n) is 19.8. The van der Waals surface area contributed by atoms with Crippen LogP contribution in [0.4, 0.5) is 4.39 Å². The van der Waals surface area contributed by atoms with Crippen molar-refractivity contribution in [1.29, 1.82) is 0 Å². The standard InChI is InChI=1S/C27H46FI/c1-18(2)9-8-10-19(3)21-11-12-22-20-17-24(29)27(28)15-7-6-14-26(27,5)23(20)13-16-25(21,22)4/h18-24H,6-17H2,1-5H3/t19-,20+,21-,22+,23+,24-,25-,26-,27+/m1/s1. The molecule has 0 radical (unpaired) electrons. The van der Waals surface area contributed by atoms with Crippen molar-refractivity contribution in [2.24, 2.45) is 46.3 Å². The quantitative estimate of drug-likeness (QED) is 0.253. The Morgan fingerprint density at radius 3 is 2.38 bits per heavy atom. The van der Waals surface area contributed by atoms with Crippen LogP contribution in [0.1, 0.15) is 112 Å². The Kier molecular flexibility index (Phi) is 6.47. The molecule has 0 amide bonds. The molecule has 0 unspecified atom stereocenters. The monoisotopic (exact) mass is 516 g/mol. The van der Waals surface area contributed by atoms with Crippen LogP contribution in [0.25, 0.3) is 0 Å². The minimum absolute atomic E-state index is 0.0533. The van der Waals surface area contributed by atoms with Crippen LogP contribution in [0.3, 0.4) is 0 Å². The van der Waals surface area contributed by atoms with Gasteiger partial charge in [0.15, 0.2) is 0 Å². The van der Waals surface area contributed by atoms with E-state index in [0.717, 1.165) is 55.3 Å². The SMILES string of the molecule is CC(C)CCC[C@@H](C)[C@H]1CC[C@H]2[C@@H]3C[C@@H](I)[C@@]4(F)CCCC[C@]4(C)[C@H]3CC[C@]12C. The first kappa shape index (κ1) is 22.8. The number of rotatable bonds is 5. The molecule has 4 fully saturated rings. The maximum atomic E-state index is 16.4. The summed E-state index contributed by atoms with van der Waals surface area (Å²) in [6, 6.07) is 0. The smallest absolute Gasteiger partial charge is 0.128 e. The van der Waals surface area contributed by atoms with E-state index in [1.807, 2.05) is 0 Å². The highest BCUT2D eigenvalue weighted by Gasteiger charge is 2.67. The topological polar surface area (TPSA) is 0 Å². The van der Waals surface area contributed by atoms with Crippen molar-refractivity contribution in [3.05, 3.63) is 0 Å². The van der Waals surface area contributed by atoms with Gasteiger partial charge in [-0.1, -0.05) is 89.3 Å². The second kappa shape index (κ2) is 8.22. The molecule has 9 atom stereocenters. The van der Waals surface area contributed by atoms with Crippen molar-refractivity contribution in [3.63, 3.8) is 0 Å². The van der Waals surface area contributed by atoms with E-state index in [-0.39, 0.29) is 9.34 Å². The lowest BCUT2D eigenvalue weighted by Crippen LogP contribution is -2.63. The molecule has 29 heavy (non-hydrogen) atoms. The third-order valence-electron chi connectivity index (χ3n) is 10.9. The largest absolute Gasteiger partial charge is 0.242 e. The van der Waals surface area contributed by atoms with Crippen LogP contribution < -0.4 is 0 Å². The van der Waals surface area contributed by atoms with Crippen LogP contribution in [-0.2, 0) is 0 Å². The lowest BCUT2D eigenvalue weighted by Gasteiger charge is -2.64. The highest BCUT2D eigenvalue weighted by molar-refractivity contribution is 14.1. The van der Waals surface area contributed by atoms with E-state index >= 15 is 4.39 Å². The molecule has 4 aliphatic rings. The molecule has 0 saturated heterocycles. The van der Waals surface area contributed by atoms with Crippen LogP contribution in [0.15, 0.2) is 0 Å². The van der Waals surface area contributed by atoms with Gasteiger partial charge in [0.2, 0.25) is 0 Å². The fourth-order valence-electron chi connectivity index (χ4n) is 9.23. The van der Waals surface area contributed by atoms with Gasteiger partial charge in [-0.15, -0.1) is 0 Å².